The lowest BCUT2D eigenvalue weighted by Gasteiger charge is -2.22. The predicted molar refractivity (Wildman–Crippen MR) is 102 cm³/mol. The molecule has 0 saturated carbocycles. The van der Waals surface area contributed by atoms with E-state index in [0.29, 0.717) is 12.1 Å². The summed E-state index contributed by atoms with van der Waals surface area (Å²) in [4.78, 5) is 12.6. The van der Waals surface area contributed by atoms with E-state index in [2.05, 4.69) is 20.7 Å². The molecule has 2 aromatic rings. The Labute approximate surface area is 186 Å². The van der Waals surface area contributed by atoms with E-state index >= 15 is 0 Å². The van der Waals surface area contributed by atoms with Crippen molar-refractivity contribution >= 4 is 21.9 Å². The molecule has 0 amide bonds. The Morgan fingerprint density at radius 1 is 0.906 bits per heavy atom. The summed E-state index contributed by atoms with van der Waals surface area (Å²) in [6.45, 7) is 5.55. The Morgan fingerprint density at radius 3 is 1.94 bits per heavy atom. The molecular weight excluding hydrogens is 517 g/mol. The average molecular weight is 533 g/mol. The third-order valence-electron chi connectivity index (χ3n) is 3.76. The number of hydrogen-bond acceptors (Lipinski definition) is 4. The van der Waals surface area contributed by atoms with Gasteiger partial charge in [-0.15, -0.1) is 13.2 Å². The summed E-state index contributed by atoms with van der Waals surface area (Å²) < 4.78 is 105. The molecule has 4 nitrogen and oxygen atoms in total. The van der Waals surface area contributed by atoms with Gasteiger partial charge in [0, 0.05) is 10.0 Å². The Bertz CT molecular complexity index is 1020. The van der Waals surface area contributed by atoms with E-state index in [1.807, 2.05) is 0 Å². The fourth-order valence-electron chi connectivity index (χ4n) is 2.46. The van der Waals surface area contributed by atoms with Crippen LogP contribution < -0.4 is 9.47 Å². The largest absolute Gasteiger partial charge is 0.573 e. The topological polar surface area (TPSA) is 44.8 Å². The summed E-state index contributed by atoms with van der Waals surface area (Å²) >= 11 is 2.75. The molecule has 0 atom stereocenters. The normalized spacial score (nSPS) is 12.5. The van der Waals surface area contributed by atoms with Gasteiger partial charge in [0.05, 0.1) is 5.56 Å². The van der Waals surface area contributed by atoms with Gasteiger partial charge in [-0.25, -0.2) is 9.18 Å². The van der Waals surface area contributed by atoms with Crippen LogP contribution in [0.1, 0.15) is 42.3 Å². The first-order chi connectivity index (χ1) is 14.4. The molecule has 0 saturated heterocycles. The zero-order valence-electron chi connectivity index (χ0n) is 17.0. The summed E-state index contributed by atoms with van der Waals surface area (Å²) in [6.07, 6.45) is -9.97. The quantitative estimate of drug-likeness (QED) is 0.301. The average Bonchev–Trinajstić information content (AvgIpc) is 2.57. The minimum absolute atomic E-state index is 0.353. The highest BCUT2D eigenvalue weighted by Crippen LogP contribution is 2.42. The van der Waals surface area contributed by atoms with Crippen LogP contribution in [0.25, 0.3) is 0 Å². The van der Waals surface area contributed by atoms with Crippen LogP contribution in [0.5, 0.6) is 17.2 Å². The van der Waals surface area contributed by atoms with E-state index in [1.54, 1.807) is 0 Å². The Morgan fingerprint density at radius 2 is 1.44 bits per heavy atom. The molecule has 0 N–H and O–H groups in total. The van der Waals surface area contributed by atoms with Gasteiger partial charge in [-0.1, -0.05) is 0 Å². The van der Waals surface area contributed by atoms with Crippen molar-refractivity contribution in [1.29, 1.82) is 0 Å². The molecule has 0 aliphatic heterocycles. The lowest BCUT2D eigenvalue weighted by Crippen LogP contribution is -2.25. The van der Waals surface area contributed by atoms with E-state index in [4.69, 9.17) is 9.47 Å². The molecule has 0 unspecified atom stereocenters. The highest BCUT2D eigenvalue weighted by molar-refractivity contribution is 9.10. The molecule has 2 aromatic carbocycles. The number of ether oxygens (including phenoxy) is 3. The molecule has 0 fully saturated rings. The van der Waals surface area contributed by atoms with Gasteiger partial charge < -0.3 is 14.2 Å². The van der Waals surface area contributed by atoms with E-state index in [0.717, 1.165) is 19.1 Å². The van der Waals surface area contributed by atoms with E-state index < -0.39 is 62.6 Å². The molecule has 0 heterocycles. The summed E-state index contributed by atoms with van der Waals surface area (Å²) in [6, 6.07) is 3.01. The summed E-state index contributed by atoms with van der Waals surface area (Å²) in [7, 11) is 0. The molecule has 32 heavy (non-hydrogen) atoms. The second-order valence-electron chi connectivity index (χ2n) is 7.45. The second-order valence-corrected chi connectivity index (χ2v) is 8.24. The van der Waals surface area contributed by atoms with Crippen LogP contribution in [0.15, 0.2) is 28.7 Å². The maximum absolute atomic E-state index is 14.3. The SMILES string of the molecule is Cc1c(Oc2ccc(C(F)(F)F)c(Br)c2C(=O)OC(C)(C)C)ccc(OC(F)(F)F)c1F. The van der Waals surface area contributed by atoms with Crippen molar-refractivity contribution in [2.24, 2.45) is 0 Å². The molecule has 0 spiro atoms. The standard InChI is InChI=1S/C20H16BrF7O4/c1-9-11(7-8-13(16(9)22)31-20(26,27)28)30-12-6-5-10(19(23,24)25)15(21)14(12)17(29)32-18(2,3)4/h5-8H,1-4H3. The lowest BCUT2D eigenvalue weighted by atomic mass is 10.1. The first-order valence-corrected chi connectivity index (χ1v) is 9.56. The third-order valence-corrected chi connectivity index (χ3v) is 4.58. The van der Waals surface area contributed by atoms with Crippen molar-refractivity contribution in [3.8, 4) is 17.2 Å². The fraction of sp³-hybridized carbons (Fsp3) is 0.350. The monoisotopic (exact) mass is 532 g/mol. The maximum Gasteiger partial charge on any atom is 0.573 e. The van der Waals surface area contributed by atoms with Crippen molar-refractivity contribution in [3.05, 3.63) is 51.2 Å². The first-order valence-electron chi connectivity index (χ1n) is 8.76. The maximum atomic E-state index is 14.3. The van der Waals surface area contributed by atoms with Gasteiger partial charge in [0.15, 0.2) is 11.6 Å². The highest BCUT2D eigenvalue weighted by Gasteiger charge is 2.37. The van der Waals surface area contributed by atoms with Crippen LogP contribution in [0, 0.1) is 12.7 Å². The van der Waals surface area contributed by atoms with Crippen molar-refractivity contribution in [3.63, 3.8) is 0 Å². The molecule has 0 aliphatic rings. The number of alkyl halides is 6. The van der Waals surface area contributed by atoms with Gasteiger partial charge in [-0.3, -0.25) is 0 Å². The van der Waals surface area contributed by atoms with Crippen LogP contribution in [-0.4, -0.2) is 17.9 Å². The van der Waals surface area contributed by atoms with Crippen LogP contribution in [-0.2, 0) is 10.9 Å². The zero-order chi connectivity index (χ0) is 24.6. The number of benzene rings is 2. The van der Waals surface area contributed by atoms with Gasteiger partial charge in [-0.2, -0.15) is 13.2 Å². The molecule has 0 aliphatic carbocycles. The number of carbonyl (C=O) groups excluding carboxylic acids is 1. The number of rotatable bonds is 4. The first kappa shape index (κ1) is 25.8. The number of esters is 1. The number of halogens is 8. The van der Waals surface area contributed by atoms with Crippen LogP contribution in [0.4, 0.5) is 30.7 Å². The fourth-order valence-corrected chi connectivity index (χ4v) is 3.17. The van der Waals surface area contributed by atoms with Crippen molar-refractivity contribution in [2.45, 2.75) is 45.8 Å². The minimum atomic E-state index is -5.14. The van der Waals surface area contributed by atoms with Gasteiger partial charge in [0.25, 0.3) is 0 Å². The molecular formula is C20H16BrF7O4. The minimum Gasteiger partial charge on any atom is -0.456 e. The van der Waals surface area contributed by atoms with Crippen LogP contribution >= 0.6 is 15.9 Å². The van der Waals surface area contributed by atoms with Crippen molar-refractivity contribution < 1.29 is 49.7 Å². The van der Waals surface area contributed by atoms with Crippen LogP contribution in [0.2, 0.25) is 0 Å². The Kier molecular flexibility index (Phi) is 7.08. The smallest absolute Gasteiger partial charge is 0.456 e. The molecule has 2 rings (SSSR count). The predicted octanol–water partition coefficient (Wildman–Crippen LogP) is 7.56. The van der Waals surface area contributed by atoms with E-state index in [-0.39, 0.29) is 5.75 Å². The zero-order valence-corrected chi connectivity index (χ0v) is 18.6. The van der Waals surface area contributed by atoms with Gasteiger partial charge in [0.1, 0.15) is 22.7 Å². The molecule has 0 radical (unpaired) electrons. The van der Waals surface area contributed by atoms with E-state index in [9.17, 15) is 35.5 Å². The van der Waals surface area contributed by atoms with Crippen molar-refractivity contribution in [1.82, 2.24) is 0 Å². The Balaban J connectivity index is 2.57. The third kappa shape index (κ3) is 6.27. The Hall–Kier alpha value is -2.50. The summed E-state index contributed by atoms with van der Waals surface area (Å²) in [5.41, 5.74) is -3.33. The highest BCUT2D eigenvalue weighted by atomic mass is 79.9. The van der Waals surface area contributed by atoms with Gasteiger partial charge in [-0.05, 0) is 67.9 Å². The summed E-state index contributed by atoms with van der Waals surface area (Å²) in [5, 5.41) is 0. The summed E-state index contributed by atoms with van der Waals surface area (Å²) in [5.74, 6) is -4.48. The lowest BCUT2D eigenvalue weighted by molar-refractivity contribution is -0.275. The number of carbonyl (C=O) groups is 1. The molecule has 0 aromatic heterocycles. The number of hydrogen-bond donors (Lipinski definition) is 0. The molecule has 12 heteroatoms. The van der Waals surface area contributed by atoms with Gasteiger partial charge in [0.2, 0.25) is 0 Å². The van der Waals surface area contributed by atoms with Crippen LogP contribution in [0.3, 0.4) is 0 Å². The molecule has 0 bridgehead atoms. The van der Waals surface area contributed by atoms with E-state index in [1.165, 1.54) is 20.8 Å². The van der Waals surface area contributed by atoms with Crippen molar-refractivity contribution in [2.75, 3.05) is 0 Å². The second kappa shape index (κ2) is 8.80. The van der Waals surface area contributed by atoms with Gasteiger partial charge >= 0.3 is 18.5 Å². The molecule has 176 valence electrons.